The third-order valence-corrected chi connectivity index (χ3v) is 6.44. The maximum Gasteiger partial charge on any atom is 0.123 e. The lowest BCUT2D eigenvalue weighted by Crippen LogP contribution is -2.50. The average Bonchev–Trinajstić information content (AvgIpc) is 2.45. The van der Waals surface area contributed by atoms with Crippen LogP contribution in [-0.4, -0.2) is 0 Å². The second-order valence-electron chi connectivity index (χ2n) is 7.65. The molecule has 114 valence electrons. The molecular weight excluding hydrogens is 263 g/mol. The Bertz CT molecular complexity index is 514. The van der Waals surface area contributed by atoms with E-state index in [2.05, 4.69) is 12.3 Å². The molecule has 0 saturated heterocycles. The lowest BCUT2D eigenvalue weighted by molar-refractivity contribution is -0.0526. The molecule has 3 heteroatoms. The third kappa shape index (κ3) is 2.22. The van der Waals surface area contributed by atoms with Gasteiger partial charge in [0.15, 0.2) is 0 Å². The normalized spacial score (nSPS) is 38.7. The zero-order valence-corrected chi connectivity index (χ0v) is 12.7. The molecule has 21 heavy (non-hydrogen) atoms. The van der Waals surface area contributed by atoms with Crippen molar-refractivity contribution in [3.63, 3.8) is 0 Å². The predicted octanol–water partition coefficient (Wildman–Crippen LogP) is 3.71. The number of hydrazine groups is 1. The highest BCUT2D eigenvalue weighted by atomic mass is 19.1. The van der Waals surface area contributed by atoms with Gasteiger partial charge in [0.25, 0.3) is 0 Å². The van der Waals surface area contributed by atoms with Crippen molar-refractivity contribution in [1.82, 2.24) is 5.43 Å². The maximum absolute atomic E-state index is 13.7. The molecule has 4 fully saturated rings. The summed E-state index contributed by atoms with van der Waals surface area (Å²) in [6, 6.07) is 5.22. The first-order chi connectivity index (χ1) is 10.2. The summed E-state index contributed by atoms with van der Waals surface area (Å²) in [6.07, 6.45) is 6.92. The summed E-state index contributed by atoms with van der Waals surface area (Å²) in [5.41, 5.74) is 5.26. The Morgan fingerprint density at radius 1 is 1.10 bits per heavy atom. The Morgan fingerprint density at radius 2 is 1.71 bits per heavy atom. The van der Waals surface area contributed by atoms with Gasteiger partial charge in [0, 0.05) is 6.04 Å². The highest BCUT2D eigenvalue weighted by Gasteiger charge is 2.50. The van der Waals surface area contributed by atoms with Crippen LogP contribution in [0, 0.1) is 42.3 Å². The zero-order chi connectivity index (χ0) is 14.6. The van der Waals surface area contributed by atoms with Crippen molar-refractivity contribution in [2.24, 2.45) is 35.4 Å². The molecule has 5 rings (SSSR count). The number of aryl methyl sites for hydroxylation is 1. The number of nitrogens with two attached hydrogens (primary N) is 1. The van der Waals surface area contributed by atoms with Gasteiger partial charge in [0.2, 0.25) is 0 Å². The molecule has 4 saturated carbocycles. The first-order valence-electron chi connectivity index (χ1n) is 8.38. The summed E-state index contributed by atoms with van der Waals surface area (Å²) in [6.45, 7) is 2.06. The largest absolute Gasteiger partial charge is 0.271 e. The summed E-state index contributed by atoms with van der Waals surface area (Å²) in [7, 11) is 0. The Labute approximate surface area is 126 Å². The maximum atomic E-state index is 13.7. The monoisotopic (exact) mass is 288 g/mol. The Balaban J connectivity index is 1.68. The Kier molecular flexibility index (Phi) is 3.31. The second kappa shape index (κ2) is 5.06. The van der Waals surface area contributed by atoms with Crippen LogP contribution in [0.25, 0.3) is 0 Å². The number of benzene rings is 1. The van der Waals surface area contributed by atoms with Crippen molar-refractivity contribution in [2.45, 2.75) is 45.1 Å². The molecular formula is C18H25FN2. The third-order valence-electron chi connectivity index (χ3n) is 6.44. The van der Waals surface area contributed by atoms with Crippen LogP contribution in [0.5, 0.6) is 0 Å². The van der Waals surface area contributed by atoms with E-state index >= 15 is 0 Å². The van der Waals surface area contributed by atoms with Crippen LogP contribution in [0.4, 0.5) is 4.39 Å². The molecule has 0 amide bonds. The number of rotatable bonds is 3. The first kappa shape index (κ1) is 13.7. The molecule has 4 aliphatic rings. The van der Waals surface area contributed by atoms with Crippen LogP contribution in [0.3, 0.4) is 0 Å². The number of halogens is 1. The SMILES string of the molecule is Cc1ccc(F)cc1C(NN)C1C2CC3CC(C2)CC1C3. The van der Waals surface area contributed by atoms with Crippen molar-refractivity contribution >= 4 is 0 Å². The van der Waals surface area contributed by atoms with Gasteiger partial charge in [-0.15, -0.1) is 0 Å². The minimum atomic E-state index is -0.153. The van der Waals surface area contributed by atoms with Gasteiger partial charge in [-0.3, -0.25) is 11.3 Å². The molecule has 0 aromatic heterocycles. The fraction of sp³-hybridized carbons (Fsp3) is 0.667. The first-order valence-corrected chi connectivity index (χ1v) is 8.38. The molecule has 0 radical (unpaired) electrons. The Morgan fingerprint density at radius 3 is 2.29 bits per heavy atom. The molecule has 1 atom stereocenters. The summed E-state index contributed by atoms with van der Waals surface area (Å²) in [5, 5.41) is 0. The quantitative estimate of drug-likeness (QED) is 0.657. The van der Waals surface area contributed by atoms with Gasteiger partial charge in [-0.05, 0) is 91.9 Å². The van der Waals surface area contributed by atoms with E-state index in [0.717, 1.165) is 34.8 Å². The Hall–Kier alpha value is -0.930. The van der Waals surface area contributed by atoms with E-state index < -0.39 is 0 Å². The highest BCUT2D eigenvalue weighted by molar-refractivity contribution is 5.31. The fourth-order valence-electron chi connectivity index (χ4n) is 5.87. The topological polar surface area (TPSA) is 38.0 Å². The lowest BCUT2D eigenvalue weighted by atomic mass is 9.50. The van der Waals surface area contributed by atoms with Crippen LogP contribution >= 0.6 is 0 Å². The van der Waals surface area contributed by atoms with Gasteiger partial charge >= 0.3 is 0 Å². The van der Waals surface area contributed by atoms with Crippen LogP contribution in [-0.2, 0) is 0 Å². The van der Waals surface area contributed by atoms with Gasteiger partial charge in [-0.25, -0.2) is 4.39 Å². The van der Waals surface area contributed by atoms with Crippen molar-refractivity contribution < 1.29 is 4.39 Å². The number of nitrogens with one attached hydrogen (secondary N) is 1. The smallest absolute Gasteiger partial charge is 0.123 e. The van der Waals surface area contributed by atoms with Gasteiger partial charge in [0.05, 0.1) is 0 Å². The van der Waals surface area contributed by atoms with Crippen molar-refractivity contribution in [3.05, 3.63) is 35.1 Å². The van der Waals surface area contributed by atoms with E-state index in [0.29, 0.717) is 5.92 Å². The summed E-state index contributed by atoms with van der Waals surface area (Å²) in [5.74, 6) is 9.84. The molecule has 1 unspecified atom stereocenters. The van der Waals surface area contributed by atoms with Gasteiger partial charge in [0.1, 0.15) is 5.82 Å². The fourth-order valence-corrected chi connectivity index (χ4v) is 5.87. The van der Waals surface area contributed by atoms with Crippen LogP contribution < -0.4 is 11.3 Å². The highest BCUT2D eigenvalue weighted by Crippen LogP contribution is 2.59. The van der Waals surface area contributed by atoms with Crippen molar-refractivity contribution in [3.8, 4) is 0 Å². The van der Waals surface area contributed by atoms with Gasteiger partial charge in [-0.2, -0.15) is 0 Å². The molecule has 4 aliphatic carbocycles. The lowest BCUT2D eigenvalue weighted by Gasteiger charge is -2.56. The molecule has 1 aromatic rings. The molecule has 2 nitrogen and oxygen atoms in total. The van der Waals surface area contributed by atoms with E-state index in [9.17, 15) is 4.39 Å². The zero-order valence-electron chi connectivity index (χ0n) is 12.7. The van der Waals surface area contributed by atoms with Gasteiger partial charge in [-0.1, -0.05) is 6.07 Å². The predicted molar refractivity (Wildman–Crippen MR) is 81.7 cm³/mol. The van der Waals surface area contributed by atoms with E-state index in [-0.39, 0.29) is 11.9 Å². The van der Waals surface area contributed by atoms with Gasteiger partial charge < -0.3 is 0 Å². The number of hydrogen-bond acceptors (Lipinski definition) is 2. The van der Waals surface area contributed by atoms with Crippen LogP contribution in [0.2, 0.25) is 0 Å². The minimum Gasteiger partial charge on any atom is -0.271 e. The van der Waals surface area contributed by atoms with E-state index in [1.165, 1.54) is 32.1 Å². The summed E-state index contributed by atoms with van der Waals surface area (Å²) >= 11 is 0. The van der Waals surface area contributed by atoms with E-state index in [4.69, 9.17) is 5.84 Å². The molecule has 0 aliphatic heterocycles. The van der Waals surface area contributed by atoms with Crippen molar-refractivity contribution in [2.75, 3.05) is 0 Å². The standard InChI is InChI=1S/C18H25FN2/c1-10-2-3-15(19)9-16(10)18(21-20)17-13-5-11-4-12(7-13)8-14(17)6-11/h2-3,9,11-14,17-18,21H,4-8,20H2,1H3. The molecule has 0 heterocycles. The van der Waals surface area contributed by atoms with Crippen LogP contribution in [0.15, 0.2) is 18.2 Å². The molecule has 4 bridgehead atoms. The van der Waals surface area contributed by atoms with Crippen molar-refractivity contribution in [1.29, 1.82) is 0 Å². The average molecular weight is 288 g/mol. The molecule has 3 N–H and O–H groups in total. The second-order valence-corrected chi connectivity index (χ2v) is 7.65. The molecule has 0 spiro atoms. The van der Waals surface area contributed by atoms with E-state index in [1.54, 1.807) is 12.1 Å². The van der Waals surface area contributed by atoms with Crippen LogP contribution in [0.1, 0.15) is 49.3 Å². The minimum absolute atomic E-state index is 0.107. The summed E-state index contributed by atoms with van der Waals surface area (Å²) in [4.78, 5) is 0. The number of hydrogen-bond donors (Lipinski definition) is 2. The van der Waals surface area contributed by atoms with E-state index in [1.807, 2.05) is 6.07 Å². The molecule has 1 aromatic carbocycles. The summed E-state index contributed by atoms with van der Waals surface area (Å²) < 4.78 is 13.7.